The maximum Gasteiger partial charge on any atom is 0.161 e. The van der Waals surface area contributed by atoms with Crippen LogP contribution in [0.2, 0.25) is 0 Å². The van der Waals surface area contributed by atoms with Gasteiger partial charge in [0.25, 0.3) is 0 Å². The first-order valence-corrected chi connectivity index (χ1v) is 5.42. The number of pyridine rings is 1. The van der Waals surface area contributed by atoms with E-state index in [1.165, 1.54) is 0 Å². The van der Waals surface area contributed by atoms with Crippen LogP contribution in [-0.4, -0.2) is 21.6 Å². The van der Waals surface area contributed by atoms with Crippen molar-refractivity contribution in [1.82, 2.24) is 14.5 Å². The molecule has 0 spiro atoms. The van der Waals surface area contributed by atoms with Crippen molar-refractivity contribution in [3.63, 3.8) is 0 Å². The molecule has 6 heteroatoms. The lowest BCUT2D eigenvalue weighted by molar-refractivity contribution is 0.175. The minimum atomic E-state index is 0.226. The topological polar surface area (TPSA) is 63.7 Å². The predicted octanol–water partition coefficient (Wildman–Crippen LogP) is 1.86. The summed E-state index contributed by atoms with van der Waals surface area (Å²) in [6.45, 7) is 0.597. The van der Waals surface area contributed by atoms with Crippen LogP contribution in [0.3, 0.4) is 0 Å². The van der Waals surface area contributed by atoms with Gasteiger partial charge in [-0.2, -0.15) is 5.26 Å². The van der Waals surface area contributed by atoms with Gasteiger partial charge in [-0.15, -0.1) is 0 Å². The number of aromatic nitrogens is 3. The molecule has 0 aliphatic carbocycles. The lowest BCUT2D eigenvalue weighted by Gasteiger charge is -2.02. The van der Waals surface area contributed by atoms with E-state index in [1.807, 2.05) is 6.07 Å². The normalized spacial score (nSPS) is 10.6. The number of ether oxygens (including phenoxy) is 1. The average Bonchev–Trinajstić information content (AvgIpc) is 2.57. The summed E-state index contributed by atoms with van der Waals surface area (Å²) in [7, 11) is 1.60. The molecule has 0 atom stereocenters. The summed E-state index contributed by atoms with van der Waals surface area (Å²) >= 11 is 3.34. The number of hydrogen-bond acceptors (Lipinski definition) is 4. The summed E-state index contributed by atoms with van der Waals surface area (Å²) in [6.07, 6.45) is 1.69. The molecule has 5 nitrogen and oxygen atoms in total. The van der Waals surface area contributed by atoms with Crippen LogP contribution in [0.4, 0.5) is 0 Å². The zero-order valence-corrected chi connectivity index (χ0v) is 10.2. The third kappa shape index (κ3) is 1.92. The van der Waals surface area contributed by atoms with Gasteiger partial charge in [-0.05, 0) is 22.0 Å². The number of rotatable bonds is 3. The Labute approximate surface area is 101 Å². The van der Waals surface area contributed by atoms with Crippen LogP contribution in [0.15, 0.2) is 16.7 Å². The van der Waals surface area contributed by atoms with Crippen LogP contribution in [0.5, 0.6) is 0 Å². The Hall–Kier alpha value is -1.45. The molecule has 0 aliphatic rings. The van der Waals surface area contributed by atoms with Crippen molar-refractivity contribution in [2.24, 2.45) is 0 Å². The minimum absolute atomic E-state index is 0.226. The lowest BCUT2D eigenvalue weighted by atomic mass is 10.4. The molecule has 0 bridgehead atoms. The molecule has 0 unspecified atom stereocenters. The van der Waals surface area contributed by atoms with Gasteiger partial charge in [0.05, 0.1) is 6.07 Å². The van der Waals surface area contributed by atoms with E-state index >= 15 is 0 Å². The Morgan fingerprint density at radius 3 is 3.12 bits per heavy atom. The molecule has 0 fully saturated rings. The number of nitriles is 1. The van der Waals surface area contributed by atoms with Crippen LogP contribution in [0.25, 0.3) is 11.2 Å². The Morgan fingerprint density at radius 1 is 1.62 bits per heavy atom. The number of hydrogen-bond donors (Lipinski definition) is 0. The maximum atomic E-state index is 8.77. The molecule has 0 amide bonds. The third-order valence-electron chi connectivity index (χ3n) is 2.13. The summed E-state index contributed by atoms with van der Waals surface area (Å²) in [6, 6.07) is 3.96. The fourth-order valence-electron chi connectivity index (χ4n) is 1.51. The largest absolute Gasteiger partial charge is 0.377 e. The van der Waals surface area contributed by atoms with E-state index in [0.717, 1.165) is 9.99 Å². The van der Waals surface area contributed by atoms with Crippen molar-refractivity contribution in [2.75, 3.05) is 7.11 Å². The van der Waals surface area contributed by atoms with Crippen molar-refractivity contribution in [2.45, 2.75) is 13.2 Å². The molecular weight excluding hydrogens is 272 g/mol. The molecule has 2 rings (SSSR count). The standard InChI is InChI=1S/C10H9BrN4O/c1-16-6-9-14-8-4-7(11)5-13-10(8)15(9)3-2-12/h4-5H,3,6H2,1H3. The average molecular weight is 281 g/mol. The second kappa shape index (κ2) is 4.60. The van der Waals surface area contributed by atoms with Crippen LogP contribution in [0, 0.1) is 11.3 Å². The van der Waals surface area contributed by atoms with Gasteiger partial charge >= 0.3 is 0 Å². The Bertz CT molecular complexity index is 558. The molecule has 0 saturated carbocycles. The van der Waals surface area contributed by atoms with Crippen LogP contribution >= 0.6 is 15.9 Å². The first-order valence-electron chi connectivity index (χ1n) is 4.63. The van der Waals surface area contributed by atoms with E-state index in [4.69, 9.17) is 10.00 Å². The van der Waals surface area contributed by atoms with E-state index < -0.39 is 0 Å². The van der Waals surface area contributed by atoms with E-state index in [9.17, 15) is 0 Å². The minimum Gasteiger partial charge on any atom is -0.377 e. The first kappa shape index (κ1) is 11.0. The van der Waals surface area contributed by atoms with Gasteiger partial charge in [-0.25, -0.2) is 9.97 Å². The van der Waals surface area contributed by atoms with E-state index in [2.05, 4.69) is 32.0 Å². The summed E-state index contributed by atoms with van der Waals surface area (Å²) < 4.78 is 7.66. The molecule has 0 aromatic carbocycles. The van der Waals surface area contributed by atoms with Crippen LogP contribution < -0.4 is 0 Å². The van der Waals surface area contributed by atoms with Gasteiger partial charge in [-0.3, -0.25) is 4.57 Å². The van der Waals surface area contributed by atoms with Crippen molar-refractivity contribution in [3.05, 3.63) is 22.6 Å². The van der Waals surface area contributed by atoms with Crippen molar-refractivity contribution in [1.29, 1.82) is 5.26 Å². The number of halogens is 1. The number of methoxy groups -OCH3 is 1. The zero-order valence-electron chi connectivity index (χ0n) is 8.64. The summed E-state index contributed by atoms with van der Waals surface area (Å²) in [5.41, 5.74) is 1.47. The Kier molecular flexibility index (Phi) is 3.17. The predicted molar refractivity (Wildman–Crippen MR) is 61.6 cm³/mol. The Balaban J connectivity index is 2.61. The zero-order chi connectivity index (χ0) is 11.5. The first-order chi connectivity index (χ1) is 7.76. The highest BCUT2D eigenvalue weighted by Gasteiger charge is 2.11. The fourth-order valence-corrected chi connectivity index (χ4v) is 1.83. The highest BCUT2D eigenvalue weighted by Crippen LogP contribution is 2.18. The lowest BCUT2D eigenvalue weighted by Crippen LogP contribution is -2.04. The number of nitrogens with zero attached hydrogens (tertiary/aromatic N) is 4. The van der Waals surface area contributed by atoms with Crippen molar-refractivity contribution < 1.29 is 4.74 Å². The highest BCUT2D eigenvalue weighted by atomic mass is 79.9. The van der Waals surface area contributed by atoms with Gasteiger partial charge in [-0.1, -0.05) is 0 Å². The number of fused-ring (bicyclic) bond motifs is 1. The molecule has 82 valence electrons. The van der Waals surface area contributed by atoms with Crippen LogP contribution in [-0.2, 0) is 17.9 Å². The fraction of sp³-hybridized carbons (Fsp3) is 0.300. The SMILES string of the molecule is COCc1nc2cc(Br)cnc2n1CC#N. The second-order valence-corrected chi connectivity index (χ2v) is 4.12. The molecule has 2 aromatic heterocycles. The molecule has 0 N–H and O–H groups in total. The summed E-state index contributed by atoms with van der Waals surface area (Å²) in [5, 5.41) is 8.77. The van der Waals surface area contributed by atoms with Gasteiger partial charge in [0.15, 0.2) is 5.65 Å². The third-order valence-corrected chi connectivity index (χ3v) is 2.57. The quantitative estimate of drug-likeness (QED) is 0.861. The van der Waals surface area contributed by atoms with Crippen molar-refractivity contribution in [3.8, 4) is 6.07 Å². The number of imidazole rings is 1. The molecule has 16 heavy (non-hydrogen) atoms. The molecular formula is C10H9BrN4O. The summed E-state index contributed by atoms with van der Waals surface area (Å²) in [5.74, 6) is 0.713. The Morgan fingerprint density at radius 2 is 2.44 bits per heavy atom. The van der Waals surface area contributed by atoms with Gasteiger partial charge in [0, 0.05) is 17.8 Å². The van der Waals surface area contributed by atoms with Gasteiger partial charge in [0.1, 0.15) is 24.5 Å². The second-order valence-electron chi connectivity index (χ2n) is 3.20. The van der Waals surface area contributed by atoms with Crippen molar-refractivity contribution >= 4 is 27.1 Å². The maximum absolute atomic E-state index is 8.77. The molecule has 2 aromatic rings. The molecule has 0 radical (unpaired) electrons. The molecule has 0 saturated heterocycles. The smallest absolute Gasteiger partial charge is 0.161 e. The molecule has 2 heterocycles. The summed E-state index contributed by atoms with van der Waals surface area (Å²) in [4.78, 5) is 8.63. The van der Waals surface area contributed by atoms with E-state index in [1.54, 1.807) is 17.9 Å². The van der Waals surface area contributed by atoms with Crippen LogP contribution in [0.1, 0.15) is 5.82 Å². The molecule has 0 aliphatic heterocycles. The highest BCUT2D eigenvalue weighted by molar-refractivity contribution is 9.10. The van der Waals surface area contributed by atoms with E-state index in [-0.39, 0.29) is 6.54 Å². The van der Waals surface area contributed by atoms with Gasteiger partial charge < -0.3 is 4.74 Å². The van der Waals surface area contributed by atoms with E-state index in [0.29, 0.717) is 18.1 Å². The monoisotopic (exact) mass is 280 g/mol. The van der Waals surface area contributed by atoms with Gasteiger partial charge in [0.2, 0.25) is 0 Å².